The maximum atomic E-state index is 12.9. The Balaban J connectivity index is 1.48. The lowest BCUT2D eigenvalue weighted by atomic mass is 10.00. The van der Waals surface area contributed by atoms with Crippen LogP contribution in [0.3, 0.4) is 0 Å². The summed E-state index contributed by atoms with van der Waals surface area (Å²) in [6, 6.07) is 8.89. The monoisotopic (exact) mass is 380 g/mol. The number of nitrogens with one attached hydrogen (secondary N) is 1. The number of amides is 2. The van der Waals surface area contributed by atoms with Crippen LogP contribution in [0.15, 0.2) is 51.9 Å². The second-order valence-electron chi connectivity index (χ2n) is 7.29. The molecule has 1 fully saturated rings. The van der Waals surface area contributed by atoms with Crippen LogP contribution in [0.2, 0.25) is 0 Å². The van der Waals surface area contributed by atoms with Crippen molar-refractivity contribution >= 4 is 22.7 Å². The van der Waals surface area contributed by atoms with Crippen LogP contribution in [0.1, 0.15) is 31.2 Å². The van der Waals surface area contributed by atoms with Crippen LogP contribution in [-0.2, 0) is 6.54 Å². The van der Waals surface area contributed by atoms with Crippen molar-refractivity contribution in [3.8, 4) is 0 Å². The Morgan fingerprint density at radius 1 is 1.32 bits per heavy atom. The minimum atomic E-state index is -0.386. The van der Waals surface area contributed by atoms with Crippen LogP contribution in [0.4, 0.5) is 10.5 Å². The number of hydrogen-bond acceptors (Lipinski definition) is 4. The van der Waals surface area contributed by atoms with Gasteiger partial charge < -0.3 is 14.6 Å². The largest absolute Gasteiger partial charge is 0.423 e. The lowest BCUT2D eigenvalue weighted by Gasteiger charge is -2.35. The van der Waals surface area contributed by atoms with Crippen LogP contribution in [0.25, 0.3) is 11.0 Å². The van der Waals surface area contributed by atoms with Crippen molar-refractivity contribution in [2.45, 2.75) is 45.2 Å². The number of piperidine rings is 1. The number of fused-ring (bicyclic) bond motifs is 1. The summed E-state index contributed by atoms with van der Waals surface area (Å²) >= 11 is 0. The molecule has 0 radical (unpaired) electrons. The van der Waals surface area contributed by atoms with Gasteiger partial charge in [-0.15, -0.1) is 0 Å². The number of likely N-dealkylation sites (tertiary alicyclic amines) is 1. The van der Waals surface area contributed by atoms with E-state index in [-0.39, 0.29) is 17.7 Å². The highest BCUT2D eigenvalue weighted by Crippen LogP contribution is 2.24. The van der Waals surface area contributed by atoms with Gasteiger partial charge >= 0.3 is 11.7 Å². The van der Waals surface area contributed by atoms with Crippen LogP contribution in [0, 0.1) is 6.92 Å². The molecule has 0 spiro atoms. The van der Waals surface area contributed by atoms with E-state index in [1.165, 1.54) is 6.07 Å². The summed E-state index contributed by atoms with van der Waals surface area (Å²) in [5.74, 6) is 0. The molecule has 7 nitrogen and oxygen atoms in total. The minimum Gasteiger partial charge on any atom is -0.423 e. The molecular weight excluding hydrogens is 356 g/mol. The van der Waals surface area contributed by atoms with Crippen LogP contribution >= 0.6 is 0 Å². The predicted octanol–water partition coefficient (Wildman–Crippen LogP) is 3.77. The molecule has 3 aromatic rings. The van der Waals surface area contributed by atoms with E-state index < -0.39 is 0 Å². The zero-order valence-electron chi connectivity index (χ0n) is 15.9. The molecule has 1 atom stereocenters. The molecular formula is C21H24N4O3. The van der Waals surface area contributed by atoms with E-state index in [0.717, 1.165) is 49.7 Å². The number of anilines is 1. The molecule has 2 amide bonds. The number of nitrogens with zero attached hydrogens (tertiary/aromatic N) is 3. The van der Waals surface area contributed by atoms with Gasteiger partial charge in [-0.3, -0.25) is 4.68 Å². The molecule has 1 N–H and O–H groups in total. The lowest BCUT2D eigenvalue weighted by molar-refractivity contribution is 0.154. The van der Waals surface area contributed by atoms with E-state index in [0.29, 0.717) is 11.3 Å². The van der Waals surface area contributed by atoms with Crippen molar-refractivity contribution in [2.75, 3.05) is 11.9 Å². The van der Waals surface area contributed by atoms with E-state index in [2.05, 4.69) is 10.4 Å². The molecule has 2 aromatic heterocycles. The van der Waals surface area contributed by atoms with E-state index in [1.54, 1.807) is 12.3 Å². The minimum absolute atomic E-state index is 0.112. The highest BCUT2D eigenvalue weighted by molar-refractivity contribution is 5.92. The second kappa shape index (κ2) is 7.88. The van der Waals surface area contributed by atoms with Crippen LogP contribution in [0.5, 0.6) is 0 Å². The normalized spacial score (nSPS) is 17.0. The topological polar surface area (TPSA) is 80.4 Å². The Morgan fingerprint density at radius 2 is 2.21 bits per heavy atom. The molecule has 0 bridgehead atoms. The predicted molar refractivity (Wildman–Crippen MR) is 107 cm³/mol. The summed E-state index contributed by atoms with van der Waals surface area (Å²) in [6.45, 7) is 3.41. The van der Waals surface area contributed by atoms with Gasteiger partial charge in [0.05, 0.1) is 0 Å². The van der Waals surface area contributed by atoms with E-state index in [1.807, 2.05) is 40.9 Å². The van der Waals surface area contributed by atoms with Crippen LogP contribution in [-0.4, -0.2) is 33.3 Å². The third kappa shape index (κ3) is 3.93. The number of aryl methyl sites for hydroxylation is 2. The summed E-state index contributed by atoms with van der Waals surface area (Å²) in [4.78, 5) is 26.5. The molecule has 0 saturated carbocycles. The van der Waals surface area contributed by atoms with Crippen molar-refractivity contribution in [3.05, 3.63) is 58.7 Å². The maximum Gasteiger partial charge on any atom is 0.336 e. The van der Waals surface area contributed by atoms with Gasteiger partial charge in [-0.1, -0.05) is 0 Å². The molecule has 1 aliphatic rings. The van der Waals surface area contributed by atoms with Crippen molar-refractivity contribution in [1.29, 1.82) is 0 Å². The first-order chi connectivity index (χ1) is 13.6. The number of aromatic nitrogens is 2. The first kappa shape index (κ1) is 18.3. The second-order valence-corrected chi connectivity index (χ2v) is 7.29. The fourth-order valence-corrected chi connectivity index (χ4v) is 3.88. The van der Waals surface area contributed by atoms with Crippen molar-refractivity contribution in [3.63, 3.8) is 0 Å². The summed E-state index contributed by atoms with van der Waals surface area (Å²) in [5.41, 5.74) is 1.58. The third-order valence-corrected chi connectivity index (χ3v) is 5.34. The molecule has 3 heterocycles. The Hall–Kier alpha value is -3.09. The van der Waals surface area contributed by atoms with Gasteiger partial charge in [0.2, 0.25) is 0 Å². The zero-order valence-corrected chi connectivity index (χ0v) is 15.9. The first-order valence-corrected chi connectivity index (χ1v) is 9.70. The van der Waals surface area contributed by atoms with Gasteiger partial charge in [0.1, 0.15) is 5.58 Å². The Morgan fingerprint density at radius 3 is 3.04 bits per heavy atom. The van der Waals surface area contributed by atoms with Gasteiger partial charge in [0, 0.05) is 54.7 Å². The van der Waals surface area contributed by atoms with Gasteiger partial charge in [-0.25, -0.2) is 9.59 Å². The van der Waals surface area contributed by atoms with Crippen molar-refractivity contribution < 1.29 is 9.21 Å². The SMILES string of the molecule is Cc1cc(=O)oc2cc(NC(=O)N3CCCC[C@@H]3CCn3cccn3)ccc12. The molecule has 28 heavy (non-hydrogen) atoms. The summed E-state index contributed by atoms with van der Waals surface area (Å²) in [6.07, 6.45) is 7.73. The fourth-order valence-electron chi connectivity index (χ4n) is 3.88. The van der Waals surface area contributed by atoms with Crippen molar-refractivity contribution in [2.24, 2.45) is 0 Å². The van der Waals surface area contributed by atoms with Crippen molar-refractivity contribution in [1.82, 2.24) is 14.7 Å². The van der Waals surface area contributed by atoms with E-state index in [9.17, 15) is 9.59 Å². The summed E-state index contributed by atoms with van der Waals surface area (Å²) in [5, 5.41) is 8.08. The number of carbonyl (C=O) groups is 1. The Bertz CT molecular complexity index is 1030. The quantitative estimate of drug-likeness (QED) is 0.699. The Kier molecular flexibility index (Phi) is 5.14. The molecule has 4 rings (SSSR count). The number of rotatable bonds is 4. The number of benzene rings is 1. The molecule has 0 aliphatic carbocycles. The highest BCUT2D eigenvalue weighted by atomic mass is 16.4. The highest BCUT2D eigenvalue weighted by Gasteiger charge is 2.26. The van der Waals surface area contributed by atoms with Gasteiger partial charge in [-0.2, -0.15) is 5.10 Å². The van der Waals surface area contributed by atoms with E-state index >= 15 is 0 Å². The molecule has 1 aromatic carbocycles. The first-order valence-electron chi connectivity index (χ1n) is 9.70. The van der Waals surface area contributed by atoms with Gasteiger partial charge in [-0.05, 0) is 56.4 Å². The maximum absolute atomic E-state index is 12.9. The number of hydrogen-bond donors (Lipinski definition) is 1. The molecule has 0 unspecified atom stereocenters. The zero-order chi connectivity index (χ0) is 19.5. The fraction of sp³-hybridized carbons (Fsp3) is 0.381. The van der Waals surface area contributed by atoms with Gasteiger partial charge in [0.15, 0.2) is 0 Å². The number of carbonyl (C=O) groups excluding carboxylic acids is 1. The third-order valence-electron chi connectivity index (χ3n) is 5.34. The van der Waals surface area contributed by atoms with Crippen LogP contribution < -0.4 is 10.9 Å². The van der Waals surface area contributed by atoms with Gasteiger partial charge in [0.25, 0.3) is 0 Å². The lowest BCUT2D eigenvalue weighted by Crippen LogP contribution is -2.46. The smallest absolute Gasteiger partial charge is 0.336 e. The average Bonchev–Trinajstić information content (AvgIpc) is 3.20. The Labute approximate surface area is 162 Å². The number of urea groups is 1. The standard InChI is InChI=1S/C21H24N4O3/c1-15-13-20(26)28-19-14-16(6-7-18(15)19)23-21(27)25-11-3-2-5-17(25)8-12-24-10-4-9-22-24/h4,6-7,9-10,13-14,17H,2-3,5,8,11-12H2,1H3,(H,23,27)/t17-/m1/s1. The molecule has 1 saturated heterocycles. The average molecular weight is 380 g/mol. The summed E-state index contributed by atoms with van der Waals surface area (Å²) < 4.78 is 7.18. The molecule has 146 valence electrons. The van der Waals surface area contributed by atoms with E-state index in [4.69, 9.17) is 4.42 Å². The molecule has 1 aliphatic heterocycles. The summed E-state index contributed by atoms with van der Waals surface area (Å²) in [7, 11) is 0. The molecule has 7 heteroatoms.